The van der Waals surface area contributed by atoms with E-state index in [2.05, 4.69) is 26.1 Å². The largest absolute Gasteiger partial charge is 0.481 e. The Hall–Kier alpha value is -1.26. The van der Waals surface area contributed by atoms with Crippen LogP contribution in [-0.4, -0.2) is 41.1 Å². The number of carboxylic acid groups (broad SMARTS) is 1. The van der Waals surface area contributed by atoms with Crippen molar-refractivity contribution in [3.8, 4) is 0 Å². The second kappa shape index (κ2) is 7.54. The number of hydrogen-bond acceptors (Lipinski definition) is 2. The molecule has 0 aromatic heterocycles. The van der Waals surface area contributed by atoms with Crippen molar-refractivity contribution in [2.75, 3.05) is 13.1 Å². The Kier molecular flexibility index (Phi) is 5.93. The molecule has 23 heavy (non-hydrogen) atoms. The molecule has 1 saturated heterocycles. The third-order valence-electron chi connectivity index (χ3n) is 5.56. The molecule has 0 aromatic carbocycles. The van der Waals surface area contributed by atoms with Gasteiger partial charge in [0.05, 0.1) is 5.92 Å². The summed E-state index contributed by atoms with van der Waals surface area (Å²) in [5, 5.41) is 12.1. The number of piperidine rings is 1. The van der Waals surface area contributed by atoms with Crippen LogP contribution in [0.15, 0.2) is 0 Å². The number of carboxylic acids is 1. The molecule has 0 bridgehead atoms. The minimum atomic E-state index is -0.699. The number of carbonyl (C=O) groups excluding carboxylic acids is 1. The van der Waals surface area contributed by atoms with Crippen molar-refractivity contribution < 1.29 is 14.7 Å². The van der Waals surface area contributed by atoms with E-state index in [1.165, 1.54) is 6.42 Å². The van der Waals surface area contributed by atoms with E-state index in [9.17, 15) is 9.59 Å². The average Bonchev–Trinajstić information content (AvgIpc) is 2.47. The van der Waals surface area contributed by atoms with Crippen LogP contribution in [0.5, 0.6) is 0 Å². The van der Waals surface area contributed by atoms with Crippen molar-refractivity contribution in [2.24, 2.45) is 17.3 Å². The maximum Gasteiger partial charge on any atom is 0.317 e. The van der Waals surface area contributed by atoms with Crippen LogP contribution in [0, 0.1) is 17.3 Å². The highest BCUT2D eigenvalue weighted by Crippen LogP contribution is 2.37. The van der Waals surface area contributed by atoms with Gasteiger partial charge in [0, 0.05) is 19.1 Å². The maximum atomic E-state index is 12.4. The molecular weight excluding hydrogens is 292 g/mol. The van der Waals surface area contributed by atoms with Gasteiger partial charge in [-0.15, -0.1) is 0 Å². The van der Waals surface area contributed by atoms with Gasteiger partial charge >= 0.3 is 12.0 Å². The van der Waals surface area contributed by atoms with Crippen LogP contribution < -0.4 is 5.32 Å². The summed E-state index contributed by atoms with van der Waals surface area (Å²) in [4.78, 5) is 25.3. The lowest BCUT2D eigenvalue weighted by Crippen LogP contribution is -2.50. The molecule has 2 amide bonds. The van der Waals surface area contributed by atoms with Crippen molar-refractivity contribution >= 4 is 12.0 Å². The van der Waals surface area contributed by atoms with Gasteiger partial charge in [0.15, 0.2) is 0 Å². The van der Waals surface area contributed by atoms with Gasteiger partial charge in [0.25, 0.3) is 0 Å². The molecule has 1 saturated carbocycles. The van der Waals surface area contributed by atoms with E-state index in [0.717, 1.165) is 38.8 Å². The zero-order valence-corrected chi connectivity index (χ0v) is 14.8. The summed E-state index contributed by atoms with van der Waals surface area (Å²) in [6.45, 7) is 8.53. The molecule has 5 heteroatoms. The molecule has 0 spiro atoms. The second-order valence-electron chi connectivity index (χ2n) is 8.23. The number of hydrogen-bond donors (Lipinski definition) is 2. The average molecular weight is 324 g/mol. The summed E-state index contributed by atoms with van der Waals surface area (Å²) < 4.78 is 0. The molecule has 2 fully saturated rings. The van der Waals surface area contributed by atoms with Crippen molar-refractivity contribution in [3.05, 3.63) is 0 Å². The fourth-order valence-electron chi connectivity index (χ4n) is 4.19. The second-order valence-corrected chi connectivity index (χ2v) is 8.23. The van der Waals surface area contributed by atoms with E-state index < -0.39 is 5.97 Å². The Morgan fingerprint density at radius 3 is 2.22 bits per heavy atom. The number of nitrogens with one attached hydrogen (secondary N) is 1. The Morgan fingerprint density at radius 1 is 1.17 bits per heavy atom. The van der Waals surface area contributed by atoms with Gasteiger partial charge < -0.3 is 15.3 Å². The third kappa shape index (κ3) is 5.11. The molecule has 5 nitrogen and oxygen atoms in total. The Bertz CT molecular complexity index is 420. The number of rotatable bonds is 4. The van der Waals surface area contributed by atoms with E-state index in [0.29, 0.717) is 24.2 Å². The molecule has 2 rings (SSSR count). The first kappa shape index (κ1) is 18.1. The summed E-state index contributed by atoms with van der Waals surface area (Å²) in [7, 11) is 0. The van der Waals surface area contributed by atoms with Gasteiger partial charge in [-0.3, -0.25) is 4.79 Å². The lowest BCUT2D eigenvalue weighted by molar-refractivity contribution is -0.142. The summed E-state index contributed by atoms with van der Waals surface area (Å²) in [6, 6.07) is 0.178. The molecule has 0 unspecified atom stereocenters. The molecule has 1 aliphatic carbocycles. The summed E-state index contributed by atoms with van der Waals surface area (Å²) in [5.41, 5.74) is 0.366. The standard InChI is InChI=1S/C18H32N2O3/c1-13(2)12-18(3)8-10-20(11-9-18)17(23)19-15-6-4-14(5-7-15)16(21)22/h13-15H,4-12H2,1-3H3,(H,19,23)(H,21,22). The first-order chi connectivity index (χ1) is 10.8. The van der Waals surface area contributed by atoms with Crippen LogP contribution in [-0.2, 0) is 4.79 Å². The summed E-state index contributed by atoms with van der Waals surface area (Å²) >= 11 is 0. The molecule has 2 aliphatic rings. The fraction of sp³-hybridized carbons (Fsp3) is 0.889. The van der Waals surface area contributed by atoms with Gasteiger partial charge in [-0.1, -0.05) is 20.8 Å². The minimum absolute atomic E-state index is 0.0374. The highest BCUT2D eigenvalue weighted by atomic mass is 16.4. The van der Waals surface area contributed by atoms with Gasteiger partial charge in [-0.25, -0.2) is 4.79 Å². The van der Waals surface area contributed by atoms with Gasteiger partial charge in [0.1, 0.15) is 0 Å². The topological polar surface area (TPSA) is 69.6 Å². The SMILES string of the molecule is CC(C)CC1(C)CCN(C(=O)NC2CCC(C(=O)O)CC2)CC1. The number of nitrogens with zero attached hydrogens (tertiary/aromatic N) is 1. The van der Waals surface area contributed by atoms with Gasteiger partial charge in [0.2, 0.25) is 0 Å². The summed E-state index contributed by atoms with van der Waals surface area (Å²) in [6.07, 6.45) is 6.28. The van der Waals surface area contributed by atoms with Crippen molar-refractivity contribution in [1.29, 1.82) is 0 Å². The molecule has 132 valence electrons. The smallest absolute Gasteiger partial charge is 0.317 e. The number of carbonyl (C=O) groups is 2. The highest BCUT2D eigenvalue weighted by molar-refractivity contribution is 5.75. The van der Waals surface area contributed by atoms with Gasteiger partial charge in [-0.2, -0.15) is 0 Å². The molecular formula is C18H32N2O3. The normalized spacial score (nSPS) is 27.7. The van der Waals surface area contributed by atoms with E-state index in [-0.39, 0.29) is 18.0 Å². The monoisotopic (exact) mass is 324 g/mol. The Morgan fingerprint density at radius 2 is 1.74 bits per heavy atom. The molecule has 2 N–H and O–H groups in total. The van der Waals surface area contributed by atoms with E-state index in [1.807, 2.05) is 4.90 Å². The number of aliphatic carboxylic acids is 1. The molecule has 1 aliphatic heterocycles. The van der Waals surface area contributed by atoms with E-state index in [1.54, 1.807) is 0 Å². The lowest BCUT2D eigenvalue weighted by atomic mass is 9.74. The quantitative estimate of drug-likeness (QED) is 0.831. The van der Waals surface area contributed by atoms with Crippen LogP contribution >= 0.6 is 0 Å². The highest BCUT2D eigenvalue weighted by Gasteiger charge is 2.33. The predicted octanol–water partition coefficient (Wildman–Crippen LogP) is 3.49. The molecule has 0 radical (unpaired) electrons. The first-order valence-corrected chi connectivity index (χ1v) is 9.07. The predicted molar refractivity (Wildman–Crippen MR) is 90.3 cm³/mol. The number of amides is 2. The zero-order valence-electron chi connectivity index (χ0n) is 14.8. The van der Waals surface area contributed by atoms with Crippen LogP contribution in [0.3, 0.4) is 0 Å². The van der Waals surface area contributed by atoms with Crippen LogP contribution in [0.2, 0.25) is 0 Å². The number of likely N-dealkylation sites (tertiary alicyclic amines) is 1. The van der Waals surface area contributed by atoms with E-state index in [4.69, 9.17) is 5.11 Å². The zero-order chi connectivity index (χ0) is 17.0. The number of urea groups is 1. The minimum Gasteiger partial charge on any atom is -0.481 e. The van der Waals surface area contributed by atoms with Crippen molar-refractivity contribution in [2.45, 2.75) is 71.8 Å². The van der Waals surface area contributed by atoms with E-state index >= 15 is 0 Å². The fourth-order valence-corrected chi connectivity index (χ4v) is 4.19. The molecule has 1 heterocycles. The molecule has 0 aromatic rings. The Labute approximate surface area is 139 Å². The maximum absolute atomic E-state index is 12.4. The van der Waals surface area contributed by atoms with Crippen molar-refractivity contribution in [3.63, 3.8) is 0 Å². The van der Waals surface area contributed by atoms with Crippen LogP contribution in [0.25, 0.3) is 0 Å². The van der Waals surface area contributed by atoms with Gasteiger partial charge in [-0.05, 0) is 56.3 Å². The third-order valence-corrected chi connectivity index (χ3v) is 5.56. The lowest BCUT2D eigenvalue weighted by Gasteiger charge is -2.41. The van der Waals surface area contributed by atoms with Crippen LogP contribution in [0.4, 0.5) is 4.79 Å². The van der Waals surface area contributed by atoms with Crippen molar-refractivity contribution in [1.82, 2.24) is 10.2 Å². The molecule has 0 atom stereocenters. The Balaban J connectivity index is 1.74. The summed E-state index contributed by atoms with van der Waals surface area (Å²) in [5.74, 6) is -0.227. The van der Waals surface area contributed by atoms with Crippen LogP contribution in [0.1, 0.15) is 65.7 Å². The first-order valence-electron chi connectivity index (χ1n) is 9.07.